The summed E-state index contributed by atoms with van der Waals surface area (Å²) >= 11 is 0. The summed E-state index contributed by atoms with van der Waals surface area (Å²) in [5, 5.41) is 0. The highest BCUT2D eigenvalue weighted by Crippen LogP contribution is 2.21. The van der Waals surface area contributed by atoms with Crippen LogP contribution in [-0.4, -0.2) is 0 Å². The third-order valence-electron chi connectivity index (χ3n) is 2.75. The van der Waals surface area contributed by atoms with E-state index in [2.05, 4.69) is 6.92 Å². The van der Waals surface area contributed by atoms with E-state index in [1.807, 2.05) is 6.92 Å². The lowest BCUT2D eigenvalue weighted by Gasteiger charge is -2.14. The Bertz CT molecular complexity index is 315. The van der Waals surface area contributed by atoms with Gasteiger partial charge in [0.2, 0.25) is 0 Å². The number of hydrogen-bond donors (Lipinski definition) is 1. The number of nitrogens with two attached hydrogens (primary N) is 1. The van der Waals surface area contributed by atoms with E-state index in [-0.39, 0.29) is 24.3 Å². The van der Waals surface area contributed by atoms with E-state index >= 15 is 0 Å². The molecule has 0 spiro atoms. The SMILES string of the molecule is CCCCC[C@@H](N)c1ccc(F)cc1C.Cl. The lowest BCUT2D eigenvalue weighted by Crippen LogP contribution is -2.11. The minimum absolute atomic E-state index is 0. The van der Waals surface area contributed by atoms with Crippen molar-refractivity contribution in [2.24, 2.45) is 5.73 Å². The van der Waals surface area contributed by atoms with Gasteiger partial charge in [0.15, 0.2) is 0 Å². The van der Waals surface area contributed by atoms with Crippen molar-refractivity contribution in [2.75, 3.05) is 0 Å². The number of benzene rings is 1. The monoisotopic (exact) mass is 245 g/mol. The molecule has 0 aliphatic heterocycles. The third kappa shape index (κ3) is 4.50. The Kier molecular flexibility index (Phi) is 7.35. The lowest BCUT2D eigenvalue weighted by atomic mass is 9.97. The normalized spacial score (nSPS) is 12.0. The number of halogens is 2. The Morgan fingerprint density at radius 1 is 1.31 bits per heavy atom. The van der Waals surface area contributed by atoms with Crippen molar-refractivity contribution in [3.8, 4) is 0 Å². The van der Waals surface area contributed by atoms with Gasteiger partial charge >= 0.3 is 0 Å². The van der Waals surface area contributed by atoms with Gasteiger partial charge in [0.25, 0.3) is 0 Å². The standard InChI is InChI=1S/C13H20FN.ClH/c1-3-4-5-6-13(15)12-8-7-11(14)9-10(12)2;/h7-9,13H,3-6,15H2,1-2H3;1H/t13-;/m1./s1. The predicted octanol–water partition coefficient (Wildman–Crippen LogP) is 4.14. The second kappa shape index (κ2) is 7.64. The molecule has 0 saturated heterocycles. The molecule has 0 radical (unpaired) electrons. The maximum absolute atomic E-state index is 12.9. The van der Waals surface area contributed by atoms with Crippen LogP contribution in [0.2, 0.25) is 0 Å². The minimum atomic E-state index is -0.183. The summed E-state index contributed by atoms with van der Waals surface area (Å²) < 4.78 is 12.9. The van der Waals surface area contributed by atoms with Gasteiger partial charge in [0.1, 0.15) is 5.82 Å². The third-order valence-corrected chi connectivity index (χ3v) is 2.75. The molecule has 2 N–H and O–H groups in total. The Morgan fingerprint density at radius 3 is 2.56 bits per heavy atom. The van der Waals surface area contributed by atoms with E-state index < -0.39 is 0 Å². The molecule has 0 amide bonds. The van der Waals surface area contributed by atoms with Gasteiger partial charge in [0, 0.05) is 6.04 Å². The van der Waals surface area contributed by atoms with Crippen LogP contribution in [0.3, 0.4) is 0 Å². The first kappa shape index (κ1) is 15.4. The Hall–Kier alpha value is -0.600. The van der Waals surface area contributed by atoms with E-state index in [1.54, 1.807) is 12.1 Å². The van der Waals surface area contributed by atoms with Gasteiger partial charge in [-0.25, -0.2) is 4.39 Å². The number of hydrogen-bond acceptors (Lipinski definition) is 1. The highest BCUT2D eigenvalue weighted by molar-refractivity contribution is 5.85. The van der Waals surface area contributed by atoms with Gasteiger partial charge in [-0.2, -0.15) is 0 Å². The summed E-state index contributed by atoms with van der Waals surface area (Å²) in [5.41, 5.74) is 8.10. The fraction of sp³-hybridized carbons (Fsp3) is 0.538. The van der Waals surface area contributed by atoms with E-state index in [0.29, 0.717) is 0 Å². The molecule has 92 valence electrons. The molecule has 0 unspecified atom stereocenters. The topological polar surface area (TPSA) is 26.0 Å². The van der Waals surface area contributed by atoms with Crippen molar-refractivity contribution in [3.05, 3.63) is 35.1 Å². The highest BCUT2D eigenvalue weighted by atomic mass is 35.5. The molecular formula is C13H21ClFN. The van der Waals surface area contributed by atoms with E-state index in [0.717, 1.165) is 24.0 Å². The molecule has 0 aromatic heterocycles. The van der Waals surface area contributed by atoms with Crippen LogP contribution in [0.1, 0.15) is 49.8 Å². The van der Waals surface area contributed by atoms with E-state index in [1.165, 1.54) is 18.9 Å². The molecule has 1 rings (SSSR count). The summed E-state index contributed by atoms with van der Waals surface area (Å²) in [4.78, 5) is 0. The Morgan fingerprint density at radius 2 is 2.00 bits per heavy atom. The zero-order chi connectivity index (χ0) is 11.3. The quantitative estimate of drug-likeness (QED) is 0.776. The molecule has 0 fully saturated rings. The second-order valence-corrected chi connectivity index (χ2v) is 4.10. The summed E-state index contributed by atoms with van der Waals surface area (Å²) in [6.45, 7) is 4.09. The van der Waals surface area contributed by atoms with Crippen LogP contribution in [0.15, 0.2) is 18.2 Å². The molecule has 0 aliphatic carbocycles. The fourth-order valence-corrected chi connectivity index (χ4v) is 1.82. The molecule has 1 nitrogen and oxygen atoms in total. The van der Waals surface area contributed by atoms with Crippen molar-refractivity contribution < 1.29 is 4.39 Å². The van der Waals surface area contributed by atoms with Gasteiger partial charge in [-0.05, 0) is 36.6 Å². The van der Waals surface area contributed by atoms with Crippen molar-refractivity contribution in [1.29, 1.82) is 0 Å². The number of rotatable bonds is 5. The molecule has 0 bridgehead atoms. The smallest absolute Gasteiger partial charge is 0.123 e. The summed E-state index contributed by atoms with van der Waals surface area (Å²) in [7, 11) is 0. The zero-order valence-corrected chi connectivity index (χ0v) is 10.8. The van der Waals surface area contributed by atoms with Crippen LogP contribution < -0.4 is 5.73 Å². The van der Waals surface area contributed by atoms with Gasteiger partial charge in [-0.3, -0.25) is 0 Å². The van der Waals surface area contributed by atoms with Crippen molar-refractivity contribution >= 4 is 12.4 Å². The average molecular weight is 246 g/mol. The molecule has 1 aromatic rings. The first-order chi connectivity index (χ1) is 7.15. The Labute approximate surface area is 104 Å². The molecule has 1 aromatic carbocycles. The number of unbranched alkanes of at least 4 members (excludes halogenated alkanes) is 2. The predicted molar refractivity (Wildman–Crippen MR) is 69.5 cm³/mol. The van der Waals surface area contributed by atoms with Crippen LogP contribution in [0.4, 0.5) is 4.39 Å². The summed E-state index contributed by atoms with van der Waals surface area (Å²) in [6.07, 6.45) is 4.55. The van der Waals surface area contributed by atoms with Crippen LogP contribution in [0.25, 0.3) is 0 Å². The number of aryl methyl sites for hydroxylation is 1. The van der Waals surface area contributed by atoms with Crippen molar-refractivity contribution in [1.82, 2.24) is 0 Å². The van der Waals surface area contributed by atoms with Crippen molar-refractivity contribution in [2.45, 2.75) is 45.6 Å². The molecule has 16 heavy (non-hydrogen) atoms. The molecule has 0 aliphatic rings. The summed E-state index contributed by atoms with van der Waals surface area (Å²) in [5.74, 6) is -0.183. The average Bonchev–Trinajstić information content (AvgIpc) is 2.17. The van der Waals surface area contributed by atoms with Gasteiger partial charge < -0.3 is 5.73 Å². The van der Waals surface area contributed by atoms with Crippen LogP contribution in [-0.2, 0) is 0 Å². The fourth-order valence-electron chi connectivity index (χ4n) is 1.82. The van der Waals surface area contributed by atoms with Crippen molar-refractivity contribution in [3.63, 3.8) is 0 Å². The molecule has 3 heteroatoms. The summed E-state index contributed by atoms with van der Waals surface area (Å²) in [6, 6.07) is 4.90. The molecule has 1 atom stereocenters. The molecule has 0 heterocycles. The Balaban J connectivity index is 0.00000225. The van der Waals surface area contributed by atoms with E-state index in [4.69, 9.17) is 5.73 Å². The maximum Gasteiger partial charge on any atom is 0.123 e. The first-order valence-electron chi connectivity index (χ1n) is 5.66. The first-order valence-corrected chi connectivity index (χ1v) is 5.66. The largest absolute Gasteiger partial charge is 0.324 e. The molecule has 0 saturated carbocycles. The lowest BCUT2D eigenvalue weighted by molar-refractivity contribution is 0.575. The van der Waals surface area contributed by atoms with Gasteiger partial charge in [-0.15, -0.1) is 12.4 Å². The van der Waals surface area contributed by atoms with Crippen LogP contribution >= 0.6 is 12.4 Å². The zero-order valence-electron chi connectivity index (χ0n) is 10.0. The molecular weight excluding hydrogens is 225 g/mol. The van der Waals surface area contributed by atoms with Gasteiger partial charge in [0.05, 0.1) is 0 Å². The maximum atomic E-state index is 12.9. The minimum Gasteiger partial charge on any atom is -0.324 e. The van der Waals surface area contributed by atoms with Crippen LogP contribution in [0, 0.1) is 12.7 Å². The van der Waals surface area contributed by atoms with Crippen LogP contribution in [0.5, 0.6) is 0 Å². The van der Waals surface area contributed by atoms with Gasteiger partial charge in [-0.1, -0.05) is 32.3 Å². The van der Waals surface area contributed by atoms with E-state index in [9.17, 15) is 4.39 Å². The highest BCUT2D eigenvalue weighted by Gasteiger charge is 2.08. The second-order valence-electron chi connectivity index (χ2n) is 4.10.